The van der Waals surface area contributed by atoms with Crippen LogP contribution in [0.5, 0.6) is 5.75 Å². The van der Waals surface area contributed by atoms with E-state index in [2.05, 4.69) is 10.3 Å². The Morgan fingerprint density at radius 2 is 2.00 bits per heavy atom. The van der Waals surface area contributed by atoms with Crippen LogP contribution in [-0.4, -0.2) is 16.0 Å². The van der Waals surface area contributed by atoms with Gasteiger partial charge in [0, 0.05) is 11.4 Å². The molecule has 0 fully saturated rings. The number of phenols is 1. The van der Waals surface area contributed by atoms with Crippen LogP contribution in [0.1, 0.15) is 21.7 Å². The third-order valence-electron chi connectivity index (χ3n) is 2.75. The highest BCUT2D eigenvalue weighted by Gasteiger charge is 2.12. The highest BCUT2D eigenvalue weighted by molar-refractivity contribution is 6.08. The average molecular weight is 257 g/mol. The van der Waals surface area contributed by atoms with Crippen molar-refractivity contribution in [2.45, 2.75) is 13.8 Å². The predicted octanol–water partition coefficient (Wildman–Crippen LogP) is 2.24. The molecule has 5 heteroatoms. The number of benzene rings is 1. The van der Waals surface area contributed by atoms with E-state index in [1.54, 1.807) is 6.07 Å². The van der Waals surface area contributed by atoms with E-state index in [0.717, 1.165) is 11.4 Å². The molecule has 19 heavy (non-hydrogen) atoms. The molecule has 1 amide bonds. The molecule has 5 nitrogen and oxygen atoms in total. The smallest absolute Gasteiger partial charge is 0.257 e. The number of anilines is 2. The lowest BCUT2D eigenvalue weighted by Gasteiger charge is -2.10. The van der Waals surface area contributed by atoms with Gasteiger partial charge in [0.05, 0.1) is 16.9 Å². The van der Waals surface area contributed by atoms with Gasteiger partial charge in [0.2, 0.25) is 0 Å². The van der Waals surface area contributed by atoms with Crippen molar-refractivity contribution in [2.75, 3.05) is 11.1 Å². The molecule has 1 aromatic heterocycles. The Hall–Kier alpha value is -2.56. The summed E-state index contributed by atoms with van der Waals surface area (Å²) in [5, 5.41) is 12.1. The molecule has 0 aliphatic carbocycles. The highest BCUT2D eigenvalue weighted by Crippen LogP contribution is 2.21. The van der Waals surface area contributed by atoms with Crippen LogP contribution in [-0.2, 0) is 0 Å². The number of nitrogens with zero attached hydrogens (tertiary/aromatic N) is 1. The zero-order valence-corrected chi connectivity index (χ0v) is 10.8. The van der Waals surface area contributed by atoms with E-state index in [1.165, 1.54) is 18.2 Å². The monoisotopic (exact) mass is 257 g/mol. The molecule has 0 saturated carbocycles. The maximum absolute atomic E-state index is 12.1. The zero-order valence-electron chi connectivity index (χ0n) is 10.8. The fourth-order valence-electron chi connectivity index (χ4n) is 1.75. The molecule has 2 rings (SSSR count). The van der Waals surface area contributed by atoms with Crippen molar-refractivity contribution in [3.05, 3.63) is 47.3 Å². The second-order valence-electron chi connectivity index (χ2n) is 4.31. The summed E-state index contributed by atoms with van der Waals surface area (Å²) in [5.41, 5.74) is 8.50. The van der Waals surface area contributed by atoms with Crippen LogP contribution in [0.15, 0.2) is 30.3 Å². The van der Waals surface area contributed by atoms with Gasteiger partial charge < -0.3 is 16.2 Å². The fraction of sp³-hybridized carbons (Fsp3) is 0.143. The molecule has 0 aliphatic rings. The van der Waals surface area contributed by atoms with Crippen molar-refractivity contribution < 1.29 is 9.90 Å². The van der Waals surface area contributed by atoms with Gasteiger partial charge in [-0.05, 0) is 44.2 Å². The molecule has 0 unspecified atom stereocenters. The average Bonchev–Trinajstić information content (AvgIpc) is 2.35. The second-order valence-corrected chi connectivity index (χ2v) is 4.31. The second kappa shape index (κ2) is 4.97. The van der Waals surface area contributed by atoms with Crippen molar-refractivity contribution in [3.63, 3.8) is 0 Å². The number of carbonyl (C=O) groups excluding carboxylic acids is 1. The number of amides is 1. The van der Waals surface area contributed by atoms with Crippen molar-refractivity contribution in [1.82, 2.24) is 4.98 Å². The molecular weight excluding hydrogens is 242 g/mol. The van der Waals surface area contributed by atoms with Crippen LogP contribution in [0, 0.1) is 13.8 Å². The minimum atomic E-state index is -0.373. The summed E-state index contributed by atoms with van der Waals surface area (Å²) in [6, 6.07) is 7.86. The molecule has 0 atom stereocenters. The van der Waals surface area contributed by atoms with Crippen molar-refractivity contribution >= 4 is 17.3 Å². The summed E-state index contributed by atoms with van der Waals surface area (Å²) in [4.78, 5) is 16.4. The van der Waals surface area contributed by atoms with Crippen molar-refractivity contribution in [3.8, 4) is 5.75 Å². The van der Waals surface area contributed by atoms with Gasteiger partial charge in [0.15, 0.2) is 0 Å². The standard InChI is InChI=1S/C14H15N3O2/c1-8-3-6-13(9(2)16-8)17-14(19)11-7-10(18)4-5-12(11)15/h3-7,18H,15H2,1-2H3,(H,17,19). The van der Waals surface area contributed by atoms with E-state index >= 15 is 0 Å². The number of nitrogens with one attached hydrogen (secondary N) is 1. The number of phenolic OH excluding ortho intramolecular Hbond substituents is 1. The predicted molar refractivity (Wildman–Crippen MR) is 74.2 cm³/mol. The first-order chi connectivity index (χ1) is 8.97. The van der Waals surface area contributed by atoms with Gasteiger partial charge in [-0.2, -0.15) is 0 Å². The number of aromatic hydroxyl groups is 1. The number of aryl methyl sites for hydroxylation is 2. The third kappa shape index (κ3) is 2.82. The molecule has 0 radical (unpaired) electrons. The molecule has 0 bridgehead atoms. The summed E-state index contributed by atoms with van der Waals surface area (Å²) in [7, 11) is 0. The van der Waals surface area contributed by atoms with E-state index in [4.69, 9.17) is 5.73 Å². The number of hydrogen-bond acceptors (Lipinski definition) is 4. The first-order valence-electron chi connectivity index (χ1n) is 5.81. The van der Waals surface area contributed by atoms with Crippen LogP contribution in [0.3, 0.4) is 0 Å². The van der Waals surface area contributed by atoms with Gasteiger partial charge in [-0.15, -0.1) is 0 Å². The van der Waals surface area contributed by atoms with E-state index in [-0.39, 0.29) is 17.2 Å². The lowest BCUT2D eigenvalue weighted by atomic mass is 10.1. The molecule has 1 aromatic carbocycles. The Morgan fingerprint density at radius 3 is 2.68 bits per heavy atom. The molecule has 4 N–H and O–H groups in total. The minimum Gasteiger partial charge on any atom is -0.508 e. The maximum Gasteiger partial charge on any atom is 0.257 e. The van der Waals surface area contributed by atoms with Gasteiger partial charge in [-0.25, -0.2) is 0 Å². The van der Waals surface area contributed by atoms with Gasteiger partial charge in [-0.3, -0.25) is 9.78 Å². The highest BCUT2D eigenvalue weighted by atomic mass is 16.3. The summed E-state index contributed by atoms with van der Waals surface area (Å²) in [6.45, 7) is 3.69. The van der Waals surface area contributed by atoms with Crippen molar-refractivity contribution in [1.29, 1.82) is 0 Å². The Balaban J connectivity index is 2.28. The summed E-state index contributed by atoms with van der Waals surface area (Å²) in [6.07, 6.45) is 0. The van der Waals surface area contributed by atoms with Gasteiger partial charge in [0.25, 0.3) is 5.91 Å². The zero-order chi connectivity index (χ0) is 14.0. The summed E-state index contributed by atoms with van der Waals surface area (Å²) < 4.78 is 0. The Labute approximate surface area is 111 Å². The SMILES string of the molecule is Cc1ccc(NC(=O)c2cc(O)ccc2N)c(C)n1. The number of pyridine rings is 1. The summed E-state index contributed by atoms with van der Waals surface area (Å²) in [5.74, 6) is -0.375. The van der Waals surface area contributed by atoms with Crippen molar-refractivity contribution in [2.24, 2.45) is 0 Å². The first kappa shape index (κ1) is 12.9. The number of hydrogen-bond donors (Lipinski definition) is 3. The lowest BCUT2D eigenvalue weighted by molar-refractivity contribution is 0.102. The molecular formula is C14H15N3O2. The number of nitrogens with two attached hydrogens (primary N) is 1. The Bertz CT molecular complexity index is 639. The number of aromatic nitrogens is 1. The van der Waals surface area contributed by atoms with E-state index in [1.807, 2.05) is 19.9 Å². The Morgan fingerprint density at radius 1 is 1.26 bits per heavy atom. The maximum atomic E-state index is 12.1. The first-order valence-corrected chi connectivity index (χ1v) is 5.81. The molecule has 0 saturated heterocycles. The third-order valence-corrected chi connectivity index (χ3v) is 2.75. The fourth-order valence-corrected chi connectivity index (χ4v) is 1.75. The molecule has 0 spiro atoms. The lowest BCUT2D eigenvalue weighted by Crippen LogP contribution is -2.15. The summed E-state index contributed by atoms with van der Waals surface area (Å²) >= 11 is 0. The van der Waals surface area contributed by atoms with Crippen LogP contribution < -0.4 is 11.1 Å². The largest absolute Gasteiger partial charge is 0.508 e. The molecule has 2 aromatic rings. The van der Waals surface area contributed by atoms with Gasteiger partial charge in [0.1, 0.15) is 5.75 Å². The van der Waals surface area contributed by atoms with Crippen LogP contribution >= 0.6 is 0 Å². The van der Waals surface area contributed by atoms with E-state index in [9.17, 15) is 9.90 Å². The molecule has 0 aliphatic heterocycles. The number of carbonyl (C=O) groups is 1. The van der Waals surface area contributed by atoms with Crippen LogP contribution in [0.25, 0.3) is 0 Å². The van der Waals surface area contributed by atoms with E-state index in [0.29, 0.717) is 11.4 Å². The van der Waals surface area contributed by atoms with Crippen LogP contribution in [0.4, 0.5) is 11.4 Å². The number of nitrogen functional groups attached to an aromatic ring is 1. The normalized spacial score (nSPS) is 10.2. The quantitative estimate of drug-likeness (QED) is 0.568. The molecule has 98 valence electrons. The van der Waals surface area contributed by atoms with Gasteiger partial charge in [-0.1, -0.05) is 0 Å². The van der Waals surface area contributed by atoms with E-state index < -0.39 is 0 Å². The van der Waals surface area contributed by atoms with Gasteiger partial charge >= 0.3 is 0 Å². The van der Waals surface area contributed by atoms with Crippen LogP contribution in [0.2, 0.25) is 0 Å². The minimum absolute atomic E-state index is 0.00176. The molecule has 1 heterocycles. The topological polar surface area (TPSA) is 88.2 Å². The Kier molecular flexibility index (Phi) is 3.37. The number of rotatable bonds is 2.